The Morgan fingerprint density at radius 2 is 1.61 bits per heavy atom. The summed E-state index contributed by atoms with van der Waals surface area (Å²) in [5.74, 6) is 0. The molecule has 3 rings (SSSR count). The van der Waals surface area contributed by atoms with Crippen LogP contribution in [0.15, 0.2) is 60.6 Å². The number of nitro groups is 1. The summed E-state index contributed by atoms with van der Waals surface area (Å²) in [6, 6.07) is 8.66. The number of rotatable bonds is 4. The molecule has 0 radical (unpaired) electrons. The van der Waals surface area contributed by atoms with Crippen LogP contribution in [0.3, 0.4) is 0 Å². The highest BCUT2D eigenvalue weighted by Crippen LogP contribution is 2.40. The summed E-state index contributed by atoms with van der Waals surface area (Å²) in [4.78, 5) is 49.0. The van der Waals surface area contributed by atoms with Gasteiger partial charge in [0.15, 0.2) is 0 Å². The van der Waals surface area contributed by atoms with E-state index in [0.29, 0.717) is 9.79 Å². The minimum absolute atomic E-state index is 0.124. The molecule has 0 aliphatic heterocycles. The molecule has 0 amide bonds. The van der Waals surface area contributed by atoms with Crippen molar-refractivity contribution in [2.45, 2.75) is 9.79 Å². The van der Waals surface area contributed by atoms with Crippen LogP contribution >= 0.6 is 35.0 Å². The van der Waals surface area contributed by atoms with E-state index in [1.807, 2.05) is 4.98 Å². The molecule has 0 fully saturated rings. The van der Waals surface area contributed by atoms with Crippen LogP contribution < -0.4 is 17.1 Å². The number of halogens is 2. The van der Waals surface area contributed by atoms with Crippen LogP contribution in [0.25, 0.3) is 5.69 Å². The molecule has 0 aliphatic carbocycles. The minimum Gasteiger partial charge on any atom is -0.258 e. The number of aromatic amines is 1. The predicted octanol–water partition coefficient (Wildman–Crippen LogP) is 2.59. The van der Waals surface area contributed by atoms with Crippen LogP contribution in [0.5, 0.6) is 0 Å². The summed E-state index contributed by atoms with van der Waals surface area (Å²) >= 11 is 13.4. The second-order valence-electron chi connectivity index (χ2n) is 5.50. The first-order valence-corrected chi connectivity index (χ1v) is 9.10. The average Bonchev–Trinajstić information content (AvgIpc) is 2.63. The van der Waals surface area contributed by atoms with Gasteiger partial charge >= 0.3 is 17.1 Å². The van der Waals surface area contributed by atoms with Crippen molar-refractivity contribution < 1.29 is 4.92 Å². The maximum atomic E-state index is 12.2. The first kappa shape index (κ1) is 19.9. The van der Waals surface area contributed by atoms with Gasteiger partial charge in [0.25, 0.3) is 5.69 Å². The molecule has 0 unspecified atom stereocenters. The molecule has 0 saturated heterocycles. The standard InChI is InChI=1S/C16H10Cl2N4O5S/c1-20-14(23)19-15(24)21(16(20)25)8-2-4-10(5-3-8)28-13-11(17)6-9(22(26)27)7-12(13)18/h2-7H,1H3,(H,19,23,24). The Morgan fingerprint density at radius 1 is 1.04 bits per heavy atom. The van der Waals surface area contributed by atoms with E-state index in [1.54, 1.807) is 12.1 Å². The van der Waals surface area contributed by atoms with E-state index in [1.165, 1.54) is 31.3 Å². The highest BCUT2D eigenvalue weighted by Gasteiger charge is 2.16. The first-order chi connectivity index (χ1) is 13.2. The normalized spacial score (nSPS) is 10.8. The molecular formula is C16H10Cl2N4O5S. The Labute approximate surface area is 170 Å². The van der Waals surface area contributed by atoms with Gasteiger partial charge in [-0.1, -0.05) is 35.0 Å². The van der Waals surface area contributed by atoms with Gasteiger partial charge in [-0.05, 0) is 24.3 Å². The SMILES string of the molecule is Cn1c(=O)[nH]c(=O)n(-c2ccc(Sc3c(Cl)cc([N+](=O)[O-])cc3Cl)cc2)c1=O. The second kappa shape index (κ2) is 7.66. The van der Waals surface area contributed by atoms with Crippen LogP contribution in [0.2, 0.25) is 10.0 Å². The number of nitrogens with zero attached hydrogens (tertiary/aromatic N) is 3. The third-order valence-corrected chi connectivity index (χ3v) is 5.68. The molecule has 0 bridgehead atoms. The van der Waals surface area contributed by atoms with Gasteiger partial charge < -0.3 is 0 Å². The molecule has 0 spiro atoms. The van der Waals surface area contributed by atoms with Crippen LogP contribution in [0.1, 0.15) is 0 Å². The molecular weight excluding hydrogens is 431 g/mol. The van der Waals surface area contributed by atoms with Crippen LogP contribution in [0.4, 0.5) is 5.69 Å². The number of hydrogen-bond acceptors (Lipinski definition) is 6. The fourth-order valence-electron chi connectivity index (χ4n) is 2.31. The quantitative estimate of drug-likeness (QED) is 0.491. The molecule has 28 heavy (non-hydrogen) atoms. The third-order valence-electron chi connectivity index (χ3n) is 3.71. The molecule has 1 aromatic heterocycles. The van der Waals surface area contributed by atoms with Crippen molar-refractivity contribution in [1.82, 2.24) is 14.1 Å². The van der Waals surface area contributed by atoms with Crippen molar-refractivity contribution in [3.05, 3.63) is 88.0 Å². The van der Waals surface area contributed by atoms with Gasteiger partial charge in [-0.15, -0.1) is 0 Å². The smallest absolute Gasteiger partial charge is 0.258 e. The number of non-ortho nitro benzene ring substituents is 1. The lowest BCUT2D eigenvalue weighted by molar-refractivity contribution is -0.384. The lowest BCUT2D eigenvalue weighted by atomic mass is 10.3. The van der Waals surface area contributed by atoms with Gasteiger partial charge in [0.1, 0.15) is 0 Å². The Morgan fingerprint density at radius 3 is 2.14 bits per heavy atom. The number of nitro benzene ring substituents is 1. The molecule has 1 N–H and O–H groups in total. The van der Waals surface area contributed by atoms with Gasteiger partial charge in [-0.3, -0.25) is 15.1 Å². The van der Waals surface area contributed by atoms with Crippen molar-refractivity contribution in [1.29, 1.82) is 0 Å². The Bertz CT molecular complexity index is 1240. The first-order valence-electron chi connectivity index (χ1n) is 7.53. The lowest BCUT2D eigenvalue weighted by Gasteiger charge is -2.09. The average molecular weight is 441 g/mol. The summed E-state index contributed by atoms with van der Waals surface area (Å²) in [6.07, 6.45) is 0. The van der Waals surface area contributed by atoms with Crippen molar-refractivity contribution >= 4 is 40.7 Å². The number of hydrogen-bond donors (Lipinski definition) is 1. The lowest BCUT2D eigenvalue weighted by Crippen LogP contribution is -2.47. The predicted molar refractivity (Wildman–Crippen MR) is 105 cm³/mol. The van der Waals surface area contributed by atoms with E-state index in [9.17, 15) is 24.5 Å². The van der Waals surface area contributed by atoms with Crippen LogP contribution in [0, 0.1) is 10.1 Å². The molecule has 144 valence electrons. The monoisotopic (exact) mass is 440 g/mol. The van der Waals surface area contributed by atoms with E-state index in [2.05, 4.69) is 0 Å². The zero-order valence-electron chi connectivity index (χ0n) is 14.0. The van der Waals surface area contributed by atoms with Gasteiger partial charge in [-0.2, -0.15) is 0 Å². The number of benzene rings is 2. The highest BCUT2D eigenvalue weighted by atomic mass is 35.5. The number of nitrogens with one attached hydrogen (secondary N) is 1. The molecule has 9 nitrogen and oxygen atoms in total. The maximum absolute atomic E-state index is 12.2. The summed E-state index contributed by atoms with van der Waals surface area (Å²) in [6.45, 7) is 0. The van der Waals surface area contributed by atoms with Crippen molar-refractivity contribution in [2.75, 3.05) is 0 Å². The van der Waals surface area contributed by atoms with Crippen molar-refractivity contribution in [3.63, 3.8) is 0 Å². The Kier molecular flexibility index (Phi) is 5.45. The van der Waals surface area contributed by atoms with Crippen LogP contribution in [-0.4, -0.2) is 19.0 Å². The fourth-order valence-corrected chi connectivity index (χ4v) is 3.84. The zero-order chi connectivity index (χ0) is 20.6. The van der Waals surface area contributed by atoms with Gasteiger partial charge in [0, 0.05) is 29.0 Å². The zero-order valence-corrected chi connectivity index (χ0v) is 16.3. The van der Waals surface area contributed by atoms with Crippen molar-refractivity contribution in [3.8, 4) is 5.69 Å². The van der Waals surface area contributed by atoms with Gasteiger partial charge in [-0.25, -0.2) is 23.5 Å². The van der Waals surface area contributed by atoms with E-state index < -0.39 is 22.0 Å². The van der Waals surface area contributed by atoms with E-state index >= 15 is 0 Å². The minimum atomic E-state index is -0.852. The third kappa shape index (κ3) is 3.75. The Balaban J connectivity index is 1.97. The molecule has 0 atom stereocenters. The molecule has 0 aliphatic rings. The van der Waals surface area contributed by atoms with E-state index in [4.69, 9.17) is 23.2 Å². The van der Waals surface area contributed by atoms with Crippen molar-refractivity contribution in [2.24, 2.45) is 7.05 Å². The molecule has 0 saturated carbocycles. The number of H-pyrrole nitrogens is 1. The summed E-state index contributed by atoms with van der Waals surface area (Å²) < 4.78 is 1.60. The topological polar surface area (TPSA) is 120 Å². The van der Waals surface area contributed by atoms with E-state index in [-0.39, 0.29) is 21.4 Å². The number of aromatic nitrogens is 3. The maximum Gasteiger partial charge on any atom is 0.340 e. The largest absolute Gasteiger partial charge is 0.340 e. The summed E-state index contributed by atoms with van der Waals surface area (Å²) in [5, 5.41) is 11.1. The van der Waals surface area contributed by atoms with Gasteiger partial charge in [0.05, 0.1) is 20.7 Å². The highest BCUT2D eigenvalue weighted by molar-refractivity contribution is 7.99. The van der Waals surface area contributed by atoms with Gasteiger partial charge in [0.2, 0.25) is 0 Å². The summed E-state index contributed by atoms with van der Waals surface area (Å²) in [7, 11) is 1.25. The summed E-state index contributed by atoms with van der Waals surface area (Å²) in [5.41, 5.74) is -2.40. The molecule has 3 aromatic rings. The molecule has 1 heterocycles. The van der Waals surface area contributed by atoms with E-state index in [0.717, 1.165) is 20.9 Å². The molecule has 2 aromatic carbocycles. The fraction of sp³-hybridized carbons (Fsp3) is 0.0625. The molecule has 12 heteroatoms. The second-order valence-corrected chi connectivity index (χ2v) is 7.40. The van der Waals surface area contributed by atoms with Crippen LogP contribution in [-0.2, 0) is 7.05 Å². The Hall–Kier alpha value is -2.82.